The lowest BCUT2D eigenvalue weighted by Crippen LogP contribution is -1.97. The molecule has 0 saturated heterocycles. The molecule has 0 atom stereocenters. The molecular formula is C10H10O4. The second-order valence-corrected chi connectivity index (χ2v) is 3.01. The van der Waals surface area contributed by atoms with Crippen LogP contribution in [-0.2, 0) is 0 Å². The molecule has 1 aromatic rings. The number of carbonyl (C=O) groups is 2. The first kappa shape index (κ1) is 10.2. The Morgan fingerprint density at radius 2 is 1.14 bits per heavy atom. The van der Waals surface area contributed by atoms with Crippen LogP contribution in [0.15, 0.2) is 0 Å². The van der Waals surface area contributed by atoms with E-state index in [1.807, 2.05) is 0 Å². The Kier molecular flexibility index (Phi) is 2.56. The third kappa shape index (κ3) is 1.25. The van der Waals surface area contributed by atoms with Crippen molar-refractivity contribution in [2.75, 3.05) is 0 Å². The Labute approximate surface area is 80.8 Å². The largest absolute Gasteiger partial charge is 0.507 e. The fraction of sp³-hybridized carbons (Fsp3) is 0.200. The van der Waals surface area contributed by atoms with Crippen LogP contribution in [0.2, 0.25) is 0 Å². The number of aldehydes is 2. The van der Waals surface area contributed by atoms with Crippen LogP contribution in [-0.4, -0.2) is 22.8 Å². The molecular weight excluding hydrogens is 184 g/mol. The standard InChI is InChI=1S/C10H10O4/c1-5-7(3-11)10(14)6(2)8(4-12)9(5)13/h3-4,13-14H,1-2H3. The lowest BCUT2D eigenvalue weighted by molar-refractivity contribution is 0.110. The van der Waals surface area contributed by atoms with E-state index in [2.05, 4.69) is 0 Å². The van der Waals surface area contributed by atoms with Gasteiger partial charge in [0, 0.05) is 11.1 Å². The monoisotopic (exact) mass is 194 g/mol. The first-order valence-electron chi connectivity index (χ1n) is 4.00. The van der Waals surface area contributed by atoms with E-state index >= 15 is 0 Å². The van der Waals surface area contributed by atoms with Crippen LogP contribution in [0, 0.1) is 13.8 Å². The van der Waals surface area contributed by atoms with E-state index in [1.165, 1.54) is 13.8 Å². The van der Waals surface area contributed by atoms with Crippen molar-refractivity contribution in [3.8, 4) is 11.5 Å². The number of hydrogen-bond acceptors (Lipinski definition) is 4. The Hall–Kier alpha value is -1.84. The van der Waals surface area contributed by atoms with E-state index in [1.54, 1.807) is 0 Å². The molecule has 1 aromatic carbocycles. The minimum atomic E-state index is -0.252. The fourth-order valence-electron chi connectivity index (χ4n) is 1.30. The van der Waals surface area contributed by atoms with E-state index in [0.717, 1.165) is 0 Å². The van der Waals surface area contributed by atoms with Gasteiger partial charge in [-0.2, -0.15) is 0 Å². The second kappa shape index (κ2) is 3.49. The van der Waals surface area contributed by atoms with Gasteiger partial charge in [0.15, 0.2) is 12.6 Å². The molecule has 14 heavy (non-hydrogen) atoms. The molecule has 74 valence electrons. The minimum Gasteiger partial charge on any atom is -0.507 e. The summed E-state index contributed by atoms with van der Waals surface area (Å²) in [6, 6.07) is 0. The maximum Gasteiger partial charge on any atom is 0.154 e. The van der Waals surface area contributed by atoms with Gasteiger partial charge >= 0.3 is 0 Å². The van der Waals surface area contributed by atoms with Crippen molar-refractivity contribution in [1.29, 1.82) is 0 Å². The maximum atomic E-state index is 10.6. The van der Waals surface area contributed by atoms with Crippen molar-refractivity contribution in [3.63, 3.8) is 0 Å². The van der Waals surface area contributed by atoms with Crippen molar-refractivity contribution in [1.82, 2.24) is 0 Å². The summed E-state index contributed by atoms with van der Waals surface area (Å²) < 4.78 is 0. The number of phenols is 2. The van der Waals surface area contributed by atoms with Crippen LogP contribution in [0.25, 0.3) is 0 Å². The molecule has 0 saturated carbocycles. The van der Waals surface area contributed by atoms with Crippen molar-refractivity contribution < 1.29 is 19.8 Å². The Morgan fingerprint density at radius 3 is 1.36 bits per heavy atom. The van der Waals surface area contributed by atoms with Crippen LogP contribution in [0.1, 0.15) is 31.8 Å². The number of rotatable bonds is 2. The molecule has 4 heteroatoms. The van der Waals surface area contributed by atoms with Gasteiger partial charge in [-0.3, -0.25) is 9.59 Å². The van der Waals surface area contributed by atoms with Gasteiger partial charge in [0.2, 0.25) is 0 Å². The van der Waals surface area contributed by atoms with Gasteiger partial charge in [0.05, 0.1) is 11.1 Å². The Bertz CT molecular complexity index is 339. The first-order chi connectivity index (χ1) is 6.54. The van der Waals surface area contributed by atoms with Crippen molar-refractivity contribution >= 4 is 12.6 Å². The van der Waals surface area contributed by atoms with E-state index < -0.39 is 0 Å². The maximum absolute atomic E-state index is 10.6. The summed E-state index contributed by atoms with van der Waals surface area (Å²) in [6.07, 6.45) is 0.901. The summed E-state index contributed by atoms with van der Waals surface area (Å²) in [5.41, 5.74) is 0.464. The average Bonchev–Trinajstić information content (AvgIpc) is 2.17. The van der Waals surface area contributed by atoms with Crippen molar-refractivity contribution in [3.05, 3.63) is 22.3 Å². The highest BCUT2D eigenvalue weighted by Gasteiger charge is 2.17. The quantitative estimate of drug-likeness (QED) is 0.550. The lowest BCUT2D eigenvalue weighted by atomic mass is 9.98. The fourth-order valence-corrected chi connectivity index (χ4v) is 1.30. The van der Waals surface area contributed by atoms with Gasteiger partial charge in [-0.15, -0.1) is 0 Å². The van der Waals surface area contributed by atoms with Crippen LogP contribution >= 0.6 is 0 Å². The van der Waals surface area contributed by atoms with Crippen LogP contribution in [0.3, 0.4) is 0 Å². The van der Waals surface area contributed by atoms with Crippen molar-refractivity contribution in [2.45, 2.75) is 13.8 Å². The van der Waals surface area contributed by atoms with Crippen LogP contribution in [0.4, 0.5) is 0 Å². The summed E-state index contributed by atoms with van der Waals surface area (Å²) in [6.45, 7) is 2.93. The topological polar surface area (TPSA) is 74.6 Å². The number of phenolic OH excluding ortho intramolecular Hbond substituents is 2. The zero-order valence-electron chi connectivity index (χ0n) is 7.87. The van der Waals surface area contributed by atoms with Gasteiger partial charge in [-0.05, 0) is 13.8 Å². The molecule has 0 aliphatic rings. The van der Waals surface area contributed by atoms with Gasteiger partial charge in [-0.25, -0.2) is 0 Å². The minimum absolute atomic E-state index is 0.0191. The van der Waals surface area contributed by atoms with Gasteiger partial charge in [0.25, 0.3) is 0 Å². The zero-order valence-corrected chi connectivity index (χ0v) is 7.87. The highest BCUT2D eigenvalue weighted by molar-refractivity contribution is 5.91. The van der Waals surface area contributed by atoms with E-state index in [4.69, 9.17) is 0 Å². The summed E-state index contributed by atoms with van der Waals surface area (Å²) in [4.78, 5) is 21.2. The smallest absolute Gasteiger partial charge is 0.154 e. The highest BCUT2D eigenvalue weighted by Crippen LogP contribution is 2.34. The Morgan fingerprint density at radius 1 is 0.857 bits per heavy atom. The molecule has 0 aliphatic heterocycles. The van der Waals surface area contributed by atoms with Crippen LogP contribution < -0.4 is 0 Å². The molecule has 0 amide bonds. The number of aromatic hydroxyl groups is 2. The van der Waals surface area contributed by atoms with E-state index in [9.17, 15) is 19.8 Å². The van der Waals surface area contributed by atoms with E-state index in [-0.39, 0.29) is 33.8 Å². The molecule has 0 unspecified atom stereocenters. The summed E-state index contributed by atoms with van der Waals surface area (Å²) in [5, 5.41) is 19.0. The third-order valence-electron chi connectivity index (χ3n) is 2.26. The summed E-state index contributed by atoms with van der Waals surface area (Å²) >= 11 is 0. The molecule has 0 heterocycles. The normalized spacial score (nSPS) is 9.86. The molecule has 0 radical (unpaired) electrons. The molecule has 0 aliphatic carbocycles. The summed E-state index contributed by atoms with van der Waals surface area (Å²) in [7, 11) is 0. The molecule has 4 nitrogen and oxygen atoms in total. The molecule has 0 bridgehead atoms. The second-order valence-electron chi connectivity index (χ2n) is 3.01. The SMILES string of the molecule is Cc1c(O)c(C=O)c(C)c(O)c1C=O. The number of benzene rings is 1. The van der Waals surface area contributed by atoms with Crippen molar-refractivity contribution in [2.24, 2.45) is 0 Å². The van der Waals surface area contributed by atoms with Gasteiger partial charge < -0.3 is 10.2 Å². The lowest BCUT2D eigenvalue weighted by Gasteiger charge is -2.10. The van der Waals surface area contributed by atoms with Gasteiger partial charge in [-0.1, -0.05) is 0 Å². The molecule has 2 N–H and O–H groups in total. The molecule has 1 rings (SSSR count). The highest BCUT2D eigenvalue weighted by atomic mass is 16.3. The predicted octanol–water partition coefficient (Wildman–Crippen LogP) is 1.34. The zero-order chi connectivity index (χ0) is 10.9. The van der Waals surface area contributed by atoms with Gasteiger partial charge in [0.1, 0.15) is 11.5 Å². The molecule has 0 aromatic heterocycles. The Balaban J connectivity index is 3.71. The number of hydrogen-bond donors (Lipinski definition) is 2. The van der Waals surface area contributed by atoms with E-state index in [0.29, 0.717) is 12.6 Å². The number of carbonyl (C=O) groups excluding carboxylic acids is 2. The third-order valence-corrected chi connectivity index (χ3v) is 2.26. The predicted molar refractivity (Wildman–Crippen MR) is 50.0 cm³/mol. The molecule has 0 spiro atoms. The average molecular weight is 194 g/mol. The first-order valence-corrected chi connectivity index (χ1v) is 4.00. The van der Waals surface area contributed by atoms with Crippen LogP contribution in [0.5, 0.6) is 11.5 Å². The molecule has 0 fully saturated rings. The summed E-state index contributed by atoms with van der Waals surface area (Å²) in [5.74, 6) is -0.505.